The van der Waals surface area contributed by atoms with Gasteiger partial charge in [0.25, 0.3) is 5.91 Å². The van der Waals surface area contributed by atoms with Crippen LogP contribution in [0.1, 0.15) is 29.8 Å². The van der Waals surface area contributed by atoms with Crippen molar-refractivity contribution in [3.63, 3.8) is 0 Å². The number of rotatable bonds is 9. The number of aromatic nitrogens is 2. The third kappa shape index (κ3) is 6.26. The average molecular weight is 515 g/mol. The summed E-state index contributed by atoms with van der Waals surface area (Å²) in [6.07, 6.45) is 1.77. The first-order valence-electron chi connectivity index (χ1n) is 12.4. The van der Waals surface area contributed by atoms with Gasteiger partial charge in [-0.2, -0.15) is 0 Å². The molecule has 1 heterocycles. The number of hydrogen-bond donors (Lipinski definition) is 1. The topological polar surface area (TPSA) is 76.5 Å². The van der Waals surface area contributed by atoms with Crippen LogP contribution >= 0.6 is 0 Å². The molecule has 1 N–H and O–H groups in total. The van der Waals surface area contributed by atoms with Crippen LogP contribution in [0.25, 0.3) is 16.9 Å². The minimum Gasteiger partial charge on any atom is -0.497 e. The zero-order valence-corrected chi connectivity index (χ0v) is 21.9. The molecule has 0 atom stereocenters. The lowest BCUT2D eigenvalue weighted by Gasteiger charge is -2.25. The van der Waals surface area contributed by atoms with Crippen LogP contribution in [0.2, 0.25) is 0 Å². The number of benzene rings is 3. The van der Waals surface area contributed by atoms with Gasteiger partial charge < -0.3 is 9.64 Å². The van der Waals surface area contributed by atoms with Crippen LogP contribution in [0.4, 0.5) is 10.3 Å². The molecule has 0 aliphatic carbocycles. The van der Waals surface area contributed by atoms with Crippen molar-refractivity contribution in [1.82, 2.24) is 14.5 Å². The quantitative estimate of drug-likeness (QED) is 0.309. The van der Waals surface area contributed by atoms with Crippen LogP contribution in [0, 0.1) is 18.7 Å². The Kier molecular flexibility index (Phi) is 8.21. The standard InChI is InChI=1S/C30H31FN4O3/c1-20(2)17-34(29(37)26-8-6-5-7-21(26)3)19-28(36)33-30-32-27(22-9-15-25(38-4)16-10-22)18-35(30)24-13-11-23(31)12-14-24/h5-16,18,20H,17,19H2,1-4H3,(H,32,33,36). The number of nitrogens with zero attached hydrogens (tertiary/aromatic N) is 3. The fourth-order valence-corrected chi connectivity index (χ4v) is 4.15. The van der Waals surface area contributed by atoms with Gasteiger partial charge in [0.05, 0.1) is 12.8 Å². The lowest BCUT2D eigenvalue weighted by Crippen LogP contribution is -2.40. The van der Waals surface area contributed by atoms with E-state index in [9.17, 15) is 14.0 Å². The van der Waals surface area contributed by atoms with E-state index in [4.69, 9.17) is 4.74 Å². The zero-order chi connectivity index (χ0) is 27.2. The Labute approximate surface area is 221 Å². The van der Waals surface area contributed by atoms with Gasteiger partial charge >= 0.3 is 0 Å². The van der Waals surface area contributed by atoms with E-state index in [2.05, 4.69) is 10.3 Å². The number of aryl methyl sites for hydroxylation is 1. The van der Waals surface area contributed by atoms with Crippen LogP contribution in [0.5, 0.6) is 5.75 Å². The SMILES string of the molecule is COc1ccc(-c2cn(-c3ccc(F)cc3)c(NC(=O)CN(CC(C)C)C(=O)c3ccccc3C)n2)cc1. The van der Waals surface area contributed by atoms with E-state index in [0.29, 0.717) is 29.2 Å². The molecule has 7 nitrogen and oxygen atoms in total. The van der Waals surface area contributed by atoms with Crippen molar-refractivity contribution in [1.29, 1.82) is 0 Å². The van der Waals surface area contributed by atoms with Gasteiger partial charge in [-0.05, 0) is 73.0 Å². The first-order chi connectivity index (χ1) is 18.2. The Bertz CT molecular complexity index is 1410. The number of imidazole rings is 1. The third-order valence-electron chi connectivity index (χ3n) is 6.03. The predicted molar refractivity (Wildman–Crippen MR) is 146 cm³/mol. The second-order valence-electron chi connectivity index (χ2n) is 9.47. The van der Waals surface area contributed by atoms with Crippen LogP contribution < -0.4 is 10.1 Å². The van der Waals surface area contributed by atoms with Crippen molar-refractivity contribution < 1.29 is 18.7 Å². The molecule has 0 unspecified atom stereocenters. The molecule has 2 amide bonds. The van der Waals surface area contributed by atoms with Crippen molar-refractivity contribution in [2.45, 2.75) is 20.8 Å². The fraction of sp³-hybridized carbons (Fsp3) is 0.233. The van der Waals surface area contributed by atoms with E-state index in [1.165, 1.54) is 12.1 Å². The van der Waals surface area contributed by atoms with E-state index in [1.54, 1.807) is 41.0 Å². The molecule has 0 radical (unpaired) electrons. The maximum Gasteiger partial charge on any atom is 0.254 e. The van der Waals surface area contributed by atoms with Gasteiger partial charge in [0.15, 0.2) is 0 Å². The third-order valence-corrected chi connectivity index (χ3v) is 6.03. The molecule has 0 aliphatic heterocycles. The summed E-state index contributed by atoms with van der Waals surface area (Å²) in [5.41, 5.74) is 3.47. The lowest BCUT2D eigenvalue weighted by atomic mass is 10.1. The summed E-state index contributed by atoms with van der Waals surface area (Å²) in [5, 5.41) is 2.86. The van der Waals surface area contributed by atoms with Gasteiger partial charge in [0.2, 0.25) is 11.9 Å². The van der Waals surface area contributed by atoms with Gasteiger partial charge in [0, 0.05) is 29.6 Å². The molecule has 0 fully saturated rings. The monoisotopic (exact) mass is 514 g/mol. The molecule has 0 saturated carbocycles. The number of hydrogen-bond acceptors (Lipinski definition) is 4. The minimum atomic E-state index is -0.386. The van der Waals surface area contributed by atoms with Crippen molar-refractivity contribution in [2.75, 3.05) is 25.5 Å². The van der Waals surface area contributed by atoms with Crippen molar-refractivity contribution in [3.8, 4) is 22.7 Å². The van der Waals surface area contributed by atoms with Crippen molar-refractivity contribution >= 4 is 17.8 Å². The summed E-state index contributed by atoms with van der Waals surface area (Å²) < 4.78 is 20.5. The van der Waals surface area contributed by atoms with E-state index in [1.807, 2.05) is 63.2 Å². The molecule has 8 heteroatoms. The number of ether oxygens (including phenoxy) is 1. The van der Waals surface area contributed by atoms with Gasteiger partial charge in [-0.3, -0.25) is 19.5 Å². The van der Waals surface area contributed by atoms with Crippen LogP contribution in [-0.4, -0.2) is 46.5 Å². The number of nitrogens with one attached hydrogen (secondary N) is 1. The summed E-state index contributed by atoms with van der Waals surface area (Å²) in [7, 11) is 1.60. The first kappa shape index (κ1) is 26.6. The van der Waals surface area contributed by atoms with Crippen molar-refractivity contribution in [2.24, 2.45) is 5.92 Å². The van der Waals surface area contributed by atoms with Crippen LogP contribution in [0.15, 0.2) is 79.0 Å². The highest BCUT2D eigenvalue weighted by molar-refractivity contribution is 6.00. The first-order valence-corrected chi connectivity index (χ1v) is 12.4. The van der Waals surface area contributed by atoms with E-state index in [-0.39, 0.29) is 36.0 Å². The van der Waals surface area contributed by atoms with Gasteiger partial charge in [-0.15, -0.1) is 0 Å². The molecule has 3 aromatic carbocycles. The number of amides is 2. The number of anilines is 1. The Morgan fingerprint density at radius 2 is 1.71 bits per heavy atom. The summed E-state index contributed by atoms with van der Waals surface area (Å²) in [4.78, 5) is 32.8. The lowest BCUT2D eigenvalue weighted by molar-refractivity contribution is -0.117. The summed E-state index contributed by atoms with van der Waals surface area (Å²) in [6.45, 7) is 6.15. The fourth-order valence-electron chi connectivity index (χ4n) is 4.15. The highest BCUT2D eigenvalue weighted by Gasteiger charge is 2.22. The second-order valence-corrected chi connectivity index (χ2v) is 9.47. The maximum atomic E-state index is 13.6. The molecule has 0 aliphatic rings. The molecule has 0 spiro atoms. The molecule has 4 aromatic rings. The van der Waals surface area contributed by atoms with Crippen molar-refractivity contribution in [3.05, 3.63) is 95.9 Å². The Morgan fingerprint density at radius 3 is 2.34 bits per heavy atom. The number of carbonyl (C=O) groups excluding carboxylic acids is 2. The maximum absolute atomic E-state index is 13.6. The van der Waals surface area contributed by atoms with E-state index in [0.717, 1.165) is 11.1 Å². The van der Waals surface area contributed by atoms with Crippen LogP contribution in [-0.2, 0) is 4.79 Å². The highest BCUT2D eigenvalue weighted by atomic mass is 19.1. The Hall–Kier alpha value is -4.46. The normalized spacial score (nSPS) is 10.9. The van der Waals surface area contributed by atoms with E-state index < -0.39 is 0 Å². The van der Waals surface area contributed by atoms with Gasteiger partial charge in [0.1, 0.15) is 18.1 Å². The second kappa shape index (κ2) is 11.7. The molecule has 196 valence electrons. The van der Waals surface area contributed by atoms with E-state index >= 15 is 0 Å². The number of methoxy groups -OCH3 is 1. The zero-order valence-electron chi connectivity index (χ0n) is 21.9. The summed E-state index contributed by atoms with van der Waals surface area (Å²) in [5.74, 6) is 0.187. The smallest absolute Gasteiger partial charge is 0.254 e. The number of carbonyl (C=O) groups is 2. The van der Waals surface area contributed by atoms with Crippen LogP contribution in [0.3, 0.4) is 0 Å². The van der Waals surface area contributed by atoms with Gasteiger partial charge in [-0.1, -0.05) is 32.0 Å². The summed E-state index contributed by atoms with van der Waals surface area (Å²) >= 11 is 0. The van der Waals surface area contributed by atoms with Gasteiger partial charge in [-0.25, -0.2) is 9.37 Å². The molecular formula is C30H31FN4O3. The predicted octanol–water partition coefficient (Wildman–Crippen LogP) is 5.73. The Morgan fingerprint density at radius 1 is 1.03 bits per heavy atom. The Balaban J connectivity index is 1.63. The largest absolute Gasteiger partial charge is 0.497 e. The summed E-state index contributed by atoms with van der Waals surface area (Å²) in [6, 6.07) is 20.6. The molecule has 0 saturated heterocycles. The average Bonchev–Trinajstić information content (AvgIpc) is 3.32. The molecule has 4 rings (SSSR count). The minimum absolute atomic E-state index is 0.139. The number of halogens is 1. The molecule has 0 bridgehead atoms. The highest BCUT2D eigenvalue weighted by Crippen LogP contribution is 2.26. The molecule has 38 heavy (non-hydrogen) atoms. The molecular weight excluding hydrogens is 483 g/mol. The molecule has 1 aromatic heterocycles.